The lowest BCUT2D eigenvalue weighted by atomic mass is 9.97. The fraction of sp³-hybridized carbons (Fsp3) is 0.964. The van der Waals surface area contributed by atoms with E-state index in [0.29, 0.717) is 5.92 Å². The van der Waals surface area contributed by atoms with Gasteiger partial charge >= 0.3 is 8.56 Å². The molecule has 0 amide bonds. The SMILES string of the molecule is CCCCCCCCCCCCCCCCCCC1CCO[Si](C)(CCCSC(C)=O)ONC1. The van der Waals surface area contributed by atoms with Crippen LogP contribution in [0.5, 0.6) is 0 Å². The molecule has 0 aliphatic carbocycles. The van der Waals surface area contributed by atoms with E-state index >= 15 is 0 Å². The van der Waals surface area contributed by atoms with Crippen LogP contribution in [0.15, 0.2) is 0 Å². The van der Waals surface area contributed by atoms with E-state index in [4.69, 9.17) is 8.95 Å². The first-order valence-corrected chi connectivity index (χ1v) is 18.2. The second-order valence-electron chi connectivity index (χ2n) is 10.6. The standard InChI is InChI=1S/C28H57NO3SSi/c1-4-5-6-7-8-9-10-11-12-13-14-15-16-17-18-19-21-28-22-23-31-34(3,32-29-26-28)25-20-24-33-27(2)30/h28-29H,4-26H2,1-3H3. The van der Waals surface area contributed by atoms with E-state index in [1.165, 1.54) is 121 Å². The average Bonchev–Trinajstić information content (AvgIpc) is 2.80. The van der Waals surface area contributed by atoms with Crippen LogP contribution in [0.4, 0.5) is 0 Å². The smallest absolute Gasteiger partial charge is 0.355 e. The van der Waals surface area contributed by atoms with Gasteiger partial charge in [0.1, 0.15) is 0 Å². The number of rotatable bonds is 21. The molecule has 1 rings (SSSR count). The van der Waals surface area contributed by atoms with Gasteiger partial charge in [0.05, 0.1) is 0 Å². The van der Waals surface area contributed by atoms with Crippen molar-refractivity contribution in [3.05, 3.63) is 0 Å². The third-order valence-corrected chi connectivity index (χ3v) is 10.7. The first-order valence-electron chi connectivity index (χ1n) is 14.7. The Hall–Kier alpha value is 0.117. The summed E-state index contributed by atoms with van der Waals surface area (Å²) < 4.78 is 12.2. The van der Waals surface area contributed by atoms with E-state index in [2.05, 4.69) is 19.0 Å². The largest absolute Gasteiger partial charge is 0.394 e. The maximum Gasteiger partial charge on any atom is 0.355 e. The van der Waals surface area contributed by atoms with Crippen molar-refractivity contribution in [2.75, 3.05) is 18.9 Å². The van der Waals surface area contributed by atoms with Gasteiger partial charge in [-0.25, -0.2) is 5.48 Å². The summed E-state index contributed by atoms with van der Waals surface area (Å²) in [6, 6.07) is 0.948. The second kappa shape index (κ2) is 22.3. The van der Waals surface area contributed by atoms with Gasteiger partial charge < -0.3 is 8.95 Å². The van der Waals surface area contributed by atoms with E-state index in [1.54, 1.807) is 6.92 Å². The Bertz CT molecular complexity index is 471. The summed E-state index contributed by atoms with van der Waals surface area (Å²) in [6.07, 6.45) is 26.2. The predicted octanol–water partition coefficient (Wildman–Crippen LogP) is 8.94. The zero-order chi connectivity index (χ0) is 24.7. The zero-order valence-electron chi connectivity index (χ0n) is 23.0. The van der Waals surface area contributed by atoms with Gasteiger partial charge in [-0.1, -0.05) is 121 Å². The van der Waals surface area contributed by atoms with Crippen molar-refractivity contribution >= 4 is 25.4 Å². The number of carbonyl (C=O) groups is 1. The number of hydroxylamine groups is 1. The number of hydrogen-bond donors (Lipinski definition) is 1. The van der Waals surface area contributed by atoms with E-state index in [1.807, 2.05) is 0 Å². The molecule has 0 saturated carbocycles. The van der Waals surface area contributed by atoms with Crippen molar-refractivity contribution < 1.29 is 13.7 Å². The molecule has 2 atom stereocenters. The molecular formula is C28H57NO3SSi. The second-order valence-corrected chi connectivity index (χ2v) is 15.2. The summed E-state index contributed by atoms with van der Waals surface area (Å²) in [5, 5.41) is 0.196. The lowest BCUT2D eigenvalue weighted by molar-refractivity contribution is -0.109. The van der Waals surface area contributed by atoms with Crippen LogP contribution in [0.2, 0.25) is 12.6 Å². The quantitative estimate of drug-likeness (QED) is 0.122. The van der Waals surface area contributed by atoms with Crippen molar-refractivity contribution in [2.45, 2.75) is 148 Å². The molecule has 1 N–H and O–H groups in total. The summed E-state index contributed by atoms with van der Waals surface area (Å²) in [5.74, 6) is 1.53. The summed E-state index contributed by atoms with van der Waals surface area (Å²) in [7, 11) is -2.13. The molecular weight excluding hydrogens is 458 g/mol. The Kier molecular flexibility index (Phi) is 21.1. The highest BCUT2D eigenvalue weighted by Gasteiger charge is 2.33. The van der Waals surface area contributed by atoms with Gasteiger partial charge in [-0.2, -0.15) is 0 Å². The molecule has 0 aromatic heterocycles. The Balaban J connectivity index is 1.89. The Labute approximate surface area is 217 Å². The third-order valence-electron chi connectivity index (χ3n) is 7.14. The monoisotopic (exact) mass is 515 g/mol. The van der Waals surface area contributed by atoms with E-state index in [9.17, 15) is 4.79 Å². The Morgan fingerprint density at radius 1 is 0.853 bits per heavy atom. The van der Waals surface area contributed by atoms with Crippen LogP contribution in [0.25, 0.3) is 0 Å². The molecule has 1 saturated heterocycles. The van der Waals surface area contributed by atoms with Crippen molar-refractivity contribution in [1.82, 2.24) is 5.48 Å². The van der Waals surface area contributed by atoms with Crippen LogP contribution in [0.1, 0.15) is 136 Å². The molecule has 4 nitrogen and oxygen atoms in total. The molecule has 202 valence electrons. The summed E-state index contributed by atoms with van der Waals surface area (Å²) in [6.45, 7) is 7.85. The van der Waals surface area contributed by atoms with Crippen LogP contribution >= 0.6 is 11.8 Å². The number of nitrogens with one attached hydrogen (secondary N) is 1. The molecule has 0 aromatic rings. The molecule has 2 unspecified atom stereocenters. The first-order chi connectivity index (χ1) is 16.6. The Morgan fingerprint density at radius 2 is 1.38 bits per heavy atom. The normalized spacial score (nSPS) is 21.3. The molecule has 0 aromatic carbocycles. The molecule has 0 spiro atoms. The molecule has 1 fully saturated rings. The first kappa shape index (κ1) is 32.1. The number of hydrogen-bond acceptors (Lipinski definition) is 5. The van der Waals surface area contributed by atoms with Crippen molar-refractivity contribution in [1.29, 1.82) is 0 Å². The van der Waals surface area contributed by atoms with Gasteiger partial charge in [-0.05, 0) is 37.8 Å². The molecule has 0 radical (unpaired) electrons. The van der Waals surface area contributed by atoms with E-state index < -0.39 is 8.56 Å². The molecule has 0 bridgehead atoms. The average molecular weight is 516 g/mol. The van der Waals surface area contributed by atoms with Crippen LogP contribution in [0, 0.1) is 5.92 Å². The number of thioether (sulfide) groups is 1. The van der Waals surface area contributed by atoms with Crippen LogP contribution in [-0.2, 0) is 13.7 Å². The van der Waals surface area contributed by atoms with Gasteiger partial charge in [0.15, 0.2) is 5.12 Å². The summed E-state index contributed by atoms with van der Waals surface area (Å²) >= 11 is 1.40. The third kappa shape index (κ3) is 19.3. The number of unbranched alkanes of at least 4 members (excludes halogenated alkanes) is 15. The molecule has 34 heavy (non-hydrogen) atoms. The molecule has 1 aliphatic heterocycles. The maximum atomic E-state index is 11.1. The van der Waals surface area contributed by atoms with Crippen LogP contribution in [-0.4, -0.2) is 32.6 Å². The van der Waals surface area contributed by atoms with Crippen molar-refractivity contribution in [3.63, 3.8) is 0 Å². The topological polar surface area (TPSA) is 47.6 Å². The summed E-state index contributed by atoms with van der Waals surface area (Å²) in [5.41, 5.74) is 3.25. The summed E-state index contributed by atoms with van der Waals surface area (Å²) in [4.78, 5) is 11.1. The maximum absolute atomic E-state index is 11.1. The van der Waals surface area contributed by atoms with Gasteiger partial charge in [0.25, 0.3) is 0 Å². The van der Waals surface area contributed by atoms with Gasteiger partial charge in [-0.3, -0.25) is 4.79 Å². The van der Waals surface area contributed by atoms with Gasteiger partial charge in [-0.15, -0.1) is 0 Å². The minimum absolute atomic E-state index is 0.196. The minimum atomic E-state index is -2.13. The Morgan fingerprint density at radius 3 is 1.91 bits per heavy atom. The van der Waals surface area contributed by atoms with E-state index in [-0.39, 0.29) is 5.12 Å². The number of carbonyl (C=O) groups excluding carboxylic acids is 1. The van der Waals surface area contributed by atoms with Gasteiger partial charge in [0.2, 0.25) is 0 Å². The van der Waals surface area contributed by atoms with E-state index in [0.717, 1.165) is 37.8 Å². The zero-order valence-corrected chi connectivity index (χ0v) is 24.8. The van der Waals surface area contributed by atoms with Crippen molar-refractivity contribution in [3.8, 4) is 0 Å². The molecule has 1 aliphatic rings. The fourth-order valence-electron chi connectivity index (χ4n) is 4.85. The van der Waals surface area contributed by atoms with Gasteiger partial charge in [0, 0.05) is 25.8 Å². The predicted molar refractivity (Wildman–Crippen MR) is 151 cm³/mol. The van der Waals surface area contributed by atoms with Crippen LogP contribution < -0.4 is 5.48 Å². The lowest BCUT2D eigenvalue weighted by Gasteiger charge is -2.31. The molecule has 6 heteroatoms. The highest BCUT2D eigenvalue weighted by Crippen LogP contribution is 2.23. The minimum Gasteiger partial charge on any atom is -0.394 e. The highest BCUT2D eigenvalue weighted by atomic mass is 32.2. The highest BCUT2D eigenvalue weighted by molar-refractivity contribution is 8.13. The fourth-order valence-corrected chi connectivity index (χ4v) is 7.74. The van der Waals surface area contributed by atoms with Crippen LogP contribution in [0.3, 0.4) is 0 Å². The molecule has 1 heterocycles. The van der Waals surface area contributed by atoms with Crippen molar-refractivity contribution in [2.24, 2.45) is 5.92 Å². The lowest BCUT2D eigenvalue weighted by Crippen LogP contribution is -2.47.